The van der Waals surface area contributed by atoms with E-state index in [1.54, 1.807) is 6.07 Å². The molecule has 0 aliphatic carbocycles. The number of aromatic amines is 1. The van der Waals surface area contributed by atoms with Gasteiger partial charge in [0, 0.05) is 0 Å². The number of nitrogens with zero attached hydrogens (tertiary/aromatic N) is 3. The maximum atomic E-state index is 5.52. The van der Waals surface area contributed by atoms with Gasteiger partial charge in [0.05, 0.1) is 6.54 Å². The van der Waals surface area contributed by atoms with Gasteiger partial charge in [-0.05, 0) is 12.1 Å². The van der Waals surface area contributed by atoms with Crippen molar-refractivity contribution in [3.05, 3.63) is 30.4 Å². The van der Waals surface area contributed by atoms with Crippen molar-refractivity contribution >= 4 is 11.6 Å². The van der Waals surface area contributed by atoms with Crippen LogP contribution >= 0.6 is 0 Å². The first-order chi connectivity index (χ1) is 6.84. The number of rotatable bonds is 3. The fourth-order valence-electron chi connectivity index (χ4n) is 1.04. The van der Waals surface area contributed by atoms with E-state index in [0.29, 0.717) is 12.4 Å². The van der Waals surface area contributed by atoms with Crippen LogP contribution < -0.4 is 11.1 Å². The van der Waals surface area contributed by atoms with Crippen molar-refractivity contribution in [2.75, 3.05) is 11.1 Å². The van der Waals surface area contributed by atoms with E-state index in [9.17, 15) is 0 Å². The SMILES string of the molecule is Nc1cccc(NCc2ncn[nH]2)n1. The highest BCUT2D eigenvalue weighted by molar-refractivity contribution is 5.42. The molecule has 2 aromatic rings. The summed E-state index contributed by atoms with van der Waals surface area (Å²) in [6.07, 6.45) is 1.46. The second-order valence-corrected chi connectivity index (χ2v) is 2.73. The van der Waals surface area contributed by atoms with E-state index < -0.39 is 0 Å². The number of anilines is 2. The van der Waals surface area contributed by atoms with Gasteiger partial charge in [0.25, 0.3) is 0 Å². The van der Waals surface area contributed by atoms with Crippen LogP contribution in [0.5, 0.6) is 0 Å². The van der Waals surface area contributed by atoms with E-state index >= 15 is 0 Å². The van der Waals surface area contributed by atoms with Gasteiger partial charge in [-0.15, -0.1) is 0 Å². The van der Waals surface area contributed by atoms with Crippen LogP contribution in [0.4, 0.5) is 11.6 Å². The first-order valence-electron chi connectivity index (χ1n) is 4.15. The smallest absolute Gasteiger partial charge is 0.143 e. The van der Waals surface area contributed by atoms with Gasteiger partial charge >= 0.3 is 0 Å². The number of hydrogen-bond acceptors (Lipinski definition) is 5. The lowest BCUT2D eigenvalue weighted by Crippen LogP contribution is -2.03. The van der Waals surface area contributed by atoms with Crippen molar-refractivity contribution in [1.82, 2.24) is 20.2 Å². The molecule has 14 heavy (non-hydrogen) atoms. The molecule has 2 rings (SSSR count). The van der Waals surface area contributed by atoms with Crippen LogP contribution in [0.2, 0.25) is 0 Å². The summed E-state index contributed by atoms with van der Waals surface area (Å²) < 4.78 is 0. The molecule has 2 heterocycles. The van der Waals surface area contributed by atoms with Crippen molar-refractivity contribution < 1.29 is 0 Å². The summed E-state index contributed by atoms with van der Waals surface area (Å²) in [6, 6.07) is 5.41. The average Bonchev–Trinajstić information content (AvgIpc) is 2.67. The lowest BCUT2D eigenvalue weighted by molar-refractivity contribution is 0.948. The third-order valence-electron chi connectivity index (χ3n) is 1.67. The maximum Gasteiger partial charge on any atom is 0.143 e. The molecule has 6 heteroatoms. The molecule has 0 fully saturated rings. The second kappa shape index (κ2) is 3.73. The van der Waals surface area contributed by atoms with E-state index in [4.69, 9.17) is 5.73 Å². The molecule has 0 aromatic carbocycles. The van der Waals surface area contributed by atoms with Gasteiger partial charge in [-0.3, -0.25) is 5.10 Å². The van der Waals surface area contributed by atoms with Gasteiger partial charge < -0.3 is 11.1 Å². The number of H-pyrrole nitrogens is 1. The van der Waals surface area contributed by atoms with Crippen molar-refractivity contribution in [2.45, 2.75) is 6.54 Å². The second-order valence-electron chi connectivity index (χ2n) is 2.73. The Balaban J connectivity index is 1.98. The standard InChI is InChI=1S/C8H10N6/c9-6-2-1-3-7(13-6)10-4-8-11-5-12-14-8/h1-3,5H,4H2,(H3,9,10,13)(H,11,12,14). The summed E-state index contributed by atoms with van der Waals surface area (Å²) in [5.74, 6) is 1.98. The zero-order chi connectivity index (χ0) is 9.80. The Labute approximate surface area is 80.6 Å². The molecule has 72 valence electrons. The van der Waals surface area contributed by atoms with Crippen LogP contribution in [0.3, 0.4) is 0 Å². The molecule has 6 nitrogen and oxygen atoms in total. The molecule has 0 spiro atoms. The Morgan fingerprint density at radius 2 is 2.36 bits per heavy atom. The lowest BCUT2D eigenvalue weighted by Gasteiger charge is -2.02. The Bertz CT molecular complexity index is 396. The summed E-state index contributed by atoms with van der Waals surface area (Å²) in [5, 5.41) is 9.53. The number of aromatic nitrogens is 4. The van der Waals surface area contributed by atoms with Crippen LogP contribution in [-0.4, -0.2) is 20.2 Å². The molecular weight excluding hydrogens is 180 g/mol. The van der Waals surface area contributed by atoms with Gasteiger partial charge in [-0.1, -0.05) is 6.07 Å². The van der Waals surface area contributed by atoms with E-state index in [-0.39, 0.29) is 0 Å². The van der Waals surface area contributed by atoms with Gasteiger partial charge in [0.15, 0.2) is 0 Å². The van der Waals surface area contributed by atoms with E-state index in [0.717, 1.165) is 11.6 Å². The molecule has 0 saturated heterocycles. The monoisotopic (exact) mass is 190 g/mol. The van der Waals surface area contributed by atoms with Crippen molar-refractivity contribution in [1.29, 1.82) is 0 Å². The molecule has 0 saturated carbocycles. The Morgan fingerprint density at radius 3 is 3.07 bits per heavy atom. The maximum absolute atomic E-state index is 5.52. The highest BCUT2D eigenvalue weighted by Gasteiger charge is 1.96. The first kappa shape index (κ1) is 8.49. The molecule has 0 bridgehead atoms. The number of pyridine rings is 1. The molecule has 0 unspecified atom stereocenters. The Kier molecular flexibility index (Phi) is 2.26. The molecule has 4 N–H and O–H groups in total. The van der Waals surface area contributed by atoms with Crippen molar-refractivity contribution in [3.63, 3.8) is 0 Å². The van der Waals surface area contributed by atoms with E-state index in [1.165, 1.54) is 6.33 Å². The Morgan fingerprint density at radius 1 is 1.43 bits per heavy atom. The van der Waals surface area contributed by atoms with Crippen molar-refractivity contribution in [3.8, 4) is 0 Å². The summed E-state index contributed by atoms with van der Waals surface area (Å²) in [5.41, 5.74) is 5.52. The number of hydrogen-bond donors (Lipinski definition) is 3. The highest BCUT2D eigenvalue weighted by Crippen LogP contribution is 2.06. The Hall–Kier alpha value is -2.11. The van der Waals surface area contributed by atoms with Crippen LogP contribution in [-0.2, 0) is 6.54 Å². The molecular formula is C8H10N6. The van der Waals surface area contributed by atoms with Gasteiger partial charge in [0.1, 0.15) is 23.8 Å². The predicted octanol–water partition coefficient (Wildman–Crippen LogP) is 0.394. The zero-order valence-corrected chi connectivity index (χ0v) is 7.44. The van der Waals surface area contributed by atoms with Gasteiger partial charge in [-0.25, -0.2) is 9.97 Å². The molecule has 0 aliphatic rings. The zero-order valence-electron chi connectivity index (χ0n) is 7.44. The number of nitrogens with one attached hydrogen (secondary N) is 2. The summed E-state index contributed by atoms with van der Waals surface area (Å²) in [6.45, 7) is 0.552. The van der Waals surface area contributed by atoms with Gasteiger partial charge in [-0.2, -0.15) is 5.10 Å². The minimum absolute atomic E-state index is 0.493. The normalized spacial score (nSPS) is 10.0. The van der Waals surface area contributed by atoms with Crippen LogP contribution in [0.1, 0.15) is 5.82 Å². The van der Waals surface area contributed by atoms with Gasteiger partial charge in [0.2, 0.25) is 0 Å². The molecule has 0 atom stereocenters. The number of nitrogen functional groups attached to an aromatic ring is 1. The molecule has 0 radical (unpaired) electrons. The van der Waals surface area contributed by atoms with E-state index in [1.807, 2.05) is 12.1 Å². The van der Waals surface area contributed by atoms with Crippen LogP contribution in [0.15, 0.2) is 24.5 Å². The topological polar surface area (TPSA) is 92.5 Å². The predicted molar refractivity (Wildman–Crippen MR) is 52.4 cm³/mol. The van der Waals surface area contributed by atoms with Crippen LogP contribution in [0.25, 0.3) is 0 Å². The summed E-state index contributed by atoms with van der Waals surface area (Å²) >= 11 is 0. The van der Waals surface area contributed by atoms with Crippen molar-refractivity contribution in [2.24, 2.45) is 0 Å². The van der Waals surface area contributed by atoms with Crippen LogP contribution in [0, 0.1) is 0 Å². The minimum atomic E-state index is 0.493. The third kappa shape index (κ3) is 1.98. The quantitative estimate of drug-likeness (QED) is 0.651. The fraction of sp³-hybridized carbons (Fsp3) is 0.125. The first-order valence-corrected chi connectivity index (χ1v) is 4.15. The summed E-state index contributed by atoms with van der Waals surface area (Å²) in [4.78, 5) is 8.04. The highest BCUT2D eigenvalue weighted by atomic mass is 15.2. The average molecular weight is 190 g/mol. The third-order valence-corrected chi connectivity index (χ3v) is 1.67. The molecule has 0 amide bonds. The summed E-state index contributed by atoms with van der Waals surface area (Å²) in [7, 11) is 0. The molecule has 2 aromatic heterocycles. The van der Waals surface area contributed by atoms with E-state index in [2.05, 4.69) is 25.5 Å². The molecule has 0 aliphatic heterocycles. The minimum Gasteiger partial charge on any atom is -0.384 e. The largest absolute Gasteiger partial charge is 0.384 e. The fourth-order valence-corrected chi connectivity index (χ4v) is 1.04. The lowest BCUT2D eigenvalue weighted by atomic mass is 10.4. The number of nitrogens with two attached hydrogens (primary N) is 1.